The van der Waals surface area contributed by atoms with Gasteiger partial charge in [0.05, 0.1) is 33.8 Å². The minimum absolute atomic E-state index is 0.0355. The number of allylic oxidation sites excluding steroid dienone is 1. The van der Waals surface area contributed by atoms with Gasteiger partial charge in [-0.1, -0.05) is 6.08 Å². The van der Waals surface area contributed by atoms with Crippen LogP contribution in [0, 0.1) is 5.41 Å². The topological polar surface area (TPSA) is 65.1 Å². The summed E-state index contributed by atoms with van der Waals surface area (Å²) in [7, 11) is 4.59. The lowest BCUT2D eigenvalue weighted by Gasteiger charge is -2.41. The lowest BCUT2D eigenvalue weighted by Crippen LogP contribution is -2.45. The summed E-state index contributed by atoms with van der Waals surface area (Å²) in [5.74, 6) is 0.977. The molecule has 1 saturated heterocycles. The summed E-state index contributed by atoms with van der Waals surface area (Å²) in [5, 5.41) is 0. The Morgan fingerprint density at radius 1 is 1.19 bits per heavy atom. The van der Waals surface area contributed by atoms with Crippen LogP contribution in [0.25, 0.3) is 0 Å². The van der Waals surface area contributed by atoms with Crippen LogP contribution in [0.4, 0.5) is 0 Å². The molecule has 4 rings (SSSR count). The van der Waals surface area contributed by atoms with Crippen molar-refractivity contribution in [2.75, 3.05) is 27.9 Å². The van der Waals surface area contributed by atoms with E-state index in [4.69, 9.17) is 14.2 Å². The Labute approximate surface area is 152 Å². The van der Waals surface area contributed by atoms with Crippen LogP contribution in [0.1, 0.15) is 36.4 Å². The fourth-order valence-corrected chi connectivity index (χ4v) is 4.86. The summed E-state index contributed by atoms with van der Waals surface area (Å²) in [6.45, 7) is 0.492. The van der Waals surface area contributed by atoms with Crippen LogP contribution in [0.2, 0.25) is 0 Å². The molecule has 0 radical (unpaired) electrons. The molecule has 1 aromatic carbocycles. The molecule has 1 aromatic rings. The first-order valence-corrected chi connectivity index (χ1v) is 8.89. The summed E-state index contributed by atoms with van der Waals surface area (Å²) in [6.07, 6.45) is 4.94. The molecule has 26 heavy (non-hydrogen) atoms. The van der Waals surface area contributed by atoms with E-state index in [9.17, 15) is 9.59 Å². The largest absolute Gasteiger partial charge is 0.493 e. The number of ether oxygens (including phenoxy) is 3. The predicted molar refractivity (Wildman–Crippen MR) is 94.1 cm³/mol. The van der Waals surface area contributed by atoms with Gasteiger partial charge in [0.1, 0.15) is 5.41 Å². The Morgan fingerprint density at radius 2 is 1.92 bits per heavy atom. The molecule has 0 saturated carbocycles. The summed E-state index contributed by atoms with van der Waals surface area (Å²) in [4.78, 5) is 27.7. The van der Waals surface area contributed by atoms with Crippen molar-refractivity contribution < 1.29 is 23.8 Å². The van der Waals surface area contributed by atoms with Gasteiger partial charge in [0, 0.05) is 6.54 Å². The second kappa shape index (κ2) is 6.04. The average Bonchev–Trinajstić information content (AvgIpc) is 3.03. The number of carbonyl (C=O) groups is 2. The van der Waals surface area contributed by atoms with Gasteiger partial charge in [-0.05, 0) is 48.1 Å². The standard InChI is InChI=1S/C20H23NO5/c1-24-15-8-12-9-17(22)21-11-13-6-4-5-7-20(13,19(23)26-3)18(21)14(12)10-16(15)25-2/h6,8,10,18H,4-5,7,9,11H2,1-3H3. The summed E-state index contributed by atoms with van der Waals surface area (Å²) in [5.41, 5.74) is 2.07. The first-order chi connectivity index (χ1) is 12.6. The van der Waals surface area contributed by atoms with Gasteiger partial charge in [-0.2, -0.15) is 0 Å². The van der Waals surface area contributed by atoms with Crippen LogP contribution in [-0.2, 0) is 20.7 Å². The maximum Gasteiger partial charge on any atom is 0.318 e. The number of amides is 1. The minimum Gasteiger partial charge on any atom is -0.493 e. The van der Waals surface area contributed by atoms with Gasteiger partial charge in [0.2, 0.25) is 5.91 Å². The van der Waals surface area contributed by atoms with Crippen molar-refractivity contribution >= 4 is 11.9 Å². The molecule has 1 aliphatic carbocycles. The second-order valence-corrected chi connectivity index (χ2v) is 7.09. The highest BCUT2D eigenvalue weighted by Gasteiger charge is 2.60. The number of carbonyl (C=O) groups excluding carboxylic acids is 2. The van der Waals surface area contributed by atoms with Crippen molar-refractivity contribution in [3.05, 3.63) is 34.9 Å². The van der Waals surface area contributed by atoms with Gasteiger partial charge in [0.15, 0.2) is 11.5 Å². The molecule has 1 amide bonds. The molecule has 0 N–H and O–H groups in total. The van der Waals surface area contributed by atoms with Gasteiger partial charge >= 0.3 is 5.97 Å². The van der Waals surface area contributed by atoms with E-state index in [0.717, 1.165) is 29.5 Å². The Morgan fingerprint density at radius 3 is 2.62 bits per heavy atom. The molecule has 138 valence electrons. The van der Waals surface area contributed by atoms with E-state index in [1.54, 1.807) is 14.2 Å². The van der Waals surface area contributed by atoms with Gasteiger partial charge in [0.25, 0.3) is 0 Å². The van der Waals surface area contributed by atoms with Gasteiger partial charge < -0.3 is 19.1 Å². The number of rotatable bonds is 3. The number of hydrogen-bond acceptors (Lipinski definition) is 5. The van der Waals surface area contributed by atoms with Crippen molar-refractivity contribution in [3.8, 4) is 11.5 Å². The van der Waals surface area contributed by atoms with Crippen molar-refractivity contribution in [2.45, 2.75) is 31.7 Å². The zero-order valence-corrected chi connectivity index (χ0v) is 15.3. The maximum absolute atomic E-state index is 13.0. The number of benzene rings is 1. The Kier molecular flexibility index (Phi) is 3.93. The fourth-order valence-electron chi connectivity index (χ4n) is 4.86. The van der Waals surface area contributed by atoms with E-state index in [2.05, 4.69) is 6.08 Å². The van der Waals surface area contributed by atoms with Crippen LogP contribution in [-0.4, -0.2) is 44.7 Å². The third-order valence-electron chi connectivity index (χ3n) is 6.01. The van der Waals surface area contributed by atoms with E-state index < -0.39 is 5.41 Å². The van der Waals surface area contributed by atoms with Crippen molar-refractivity contribution in [3.63, 3.8) is 0 Å². The lowest BCUT2D eigenvalue weighted by molar-refractivity contribution is -0.154. The summed E-state index contributed by atoms with van der Waals surface area (Å²) < 4.78 is 16.1. The van der Waals surface area contributed by atoms with Crippen molar-refractivity contribution in [1.82, 2.24) is 4.90 Å². The molecule has 3 aliphatic rings. The quantitative estimate of drug-likeness (QED) is 0.614. The first kappa shape index (κ1) is 16.9. The van der Waals surface area contributed by atoms with Crippen molar-refractivity contribution in [2.24, 2.45) is 5.41 Å². The van der Waals surface area contributed by atoms with Gasteiger partial charge in [-0.25, -0.2) is 0 Å². The number of methoxy groups -OCH3 is 3. The second-order valence-electron chi connectivity index (χ2n) is 7.09. The lowest BCUT2D eigenvalue weighted by atomic mass is 9.67. The molecule has 2 aliphatic heterocycles. The molecular weight excluding hydrogens is 334 g/mol. The molecule has 0 spiro atoms. The molecule has 2 heterocycles. The molecule has 6 nitrogen and oxygen atoms in total. The summed E-state index contributed by atoms with van der Waals surface area (Å²) in [6, 6.07) is 3.43. The Balaban J connectivity index is 1.95. The van der Waals surface area contributed by atoms with Crippen LogP contribution in [0.5, 0.6) is 11.5 Å². The average molecular weight is 357 g/mol. The van der Waals surface area contributed by atoms with Crippen molar-refractivity contribution in [1.29, 1.82) is 0 Å². The van der Waals surface area contributed by atoms with Gasteiger partial charge in [-0.3, -0.25) is 9.59 Å². The third-order valence-corrected chi connectivity index (χ3v) is 6.01. The van der Waals surface area contributed by atoms with E-state index >= 15 is 0 Å². The van der Waals surface area contributed by atoms with Crippen LogP contribution in [0.15, 0.2) is 23.8 Å². The molecule has 2 unspecified atom stereocenters. The Hall–Kier alpha value is -2.50. The minimum atomic E-state index is -0.794. The fraction of sp³-hybridized carbons (Fsp3) is 0.500. The number of fused-ring (bicyclic) bond motifs is 5. The predicted octanol–water partition coefficient (Wildman–Crippen LogP) is 2.41. The first-order valence-electron chi connectivity index (χ1n) is 8.89. The van der Waals surface area contributed by atoms with E-state index in [1.807, 2.05) is 17.0 Å². The molecule has 0 bridgehead atoms. The van der Waals surface area contributed by atoms with E-state index in [1.165, 1.54) is 7.11 Å². The number of nitrogens with zero attached hydrogens (tertiary/aromatic N) is 1. The zero-order valence-electron chi connectivity index (χ0n) is 15.3. The highest BCUT2D eigenvalue weighted by Crippen LogP contribution is 2.58. The molecule has 0 aromatic heterocycles. The molecular formula is C20H23NO5. The maximum atomic E-state index is 13.0. The molecule has 2 atom stereocenters. The monoisotopic (exact) mass is 357 g/mol. The van der Waals surface area contributed by atoms with Crippen LogP contribution < -0.4 is 9.47 Å². The van der Waals surface area contributed by atoms with Crippen LogP contribution in [0.3, 0.4) is 0 Å². The highest BCUT2D eigenvalue weighted by atomic mass is 16.5. The highest BCUT2D eigenvalue weighted by molar-refractivity contribution is 5.90. The smallest absolute Gasteiger partial charge is 0.318 e. The SMILES string of the molecule is COC(=O)C12CCCC=C1CN1C(=O)Cc3cc(OC)c(OC)cc3C12. The van der Waals surface area contributed by atoms with E-state index in [-0.39, 0.29) is 17.9 Å². The molecule has 6 heteroatoms. The third kappa shape index (κ3) is 2.11. The van der Waals surface area contributed by atoms with E-state index in [0.29, 0.717) is 30.9 Å². The number of hydrogen-bond donors (Lipinski definition) is 0. The normalized spacial score (nSPS) is 26.4. The van der Waals surface area contributed by atoms with Gasteiger partial charge in [-0.15, -0.1) is 0 Å². The summed E-state index contributed by atoms with van der Waals surface area (Å²) >= 11 is 0. The van der Waals surface area contributed by atoms with Crippen LogP contribution >= 0.6 is 0 Å². The Bertz CT molecular complexity index is 815. The zero-order chi connectivity index (χ0) is 18.5. The molecule has 1 fully saturated rings. The number of esters is 1.